The van der Waals surface area contributed by atoms with E-state index in [1.807, 2.05) is 0 Å². The van der Waals surface area contributed by atoms with Crippen molar-refractivity contribution in [2.24, 2.45) is 5.92 Å². The minimum Gasteiger partial charge on any atom is -0.490 e. The molecule has 0 bridgehead atoms. The molecule has 2 aliphatic rings. The summed E-state index contributed by atoms with van der Waals surface area (Å²) in [6.45, 7) is 4.53. The van der Waals surface area contributed by atoms with E-state index in [0.717, 1.165) is 32.4 Å². The van der Waals surface area contributed by atoms with Gasteiger partial charge in [0.05, 0.1) is 18.8 Å². The van der Waals surface area contributed by atoms with Gasteiger partial charge in [0.2, 0.25) is 0 Å². The van der Waals surface area contributed by atoms with E-state index >= 15 is 0 Å². The summed E-state index contributed by atoms with van der Waals surface area (Å²) in [5.41, 5.74) is 0.360. The molecule has 0 radical (unpaired) electrons. The van der Waals surface area contributed by atoms with Gasteiger partial charge in [-0.15, -0.1) is 0 Å². The van der Waals surface area contributed by atoms with Crippen molar-refractivity contribution in [2.45, 2.75) is 26.2 Å². The summed E-state index contributed by atoms with van der Waals surface area (Å²) in [5.74, 6) is 1.01. The molecule has 0 saturated carbocycles. The zero-order valence-corrected chi connectivity index (χ0v) is 14.0. The lowest BCUT2D eigenvalue weighted by Gasteiger charge is -2.30. The fraction of sp³-hybridized carbons (Fsp3) is 0.556. The Morgan fingerprint density at radius 3 is 2.79 bits per heavy atom. The first-order valence-electron chi connectivity index (χ1n) is 8.48. The number of nitrogens with zero attached hydrogens (tertiary/aromatic N) is 1. The third kappa shape index (κ3) is 3.99. The fourth-order valence-corrected chi connectivity index (χ4v) is 3.01. The van der Waals surface area contributed by atoms with Gasteiger partial charge in [-0.2, -0.15) is 0 Å². The molecule has 1 atom stereocenters. The fourth-order valence-electron chi connectivity index (χ4n) is 3.01. The van der Waals surface area contributed by atoms with Gasteiger partial charge in [-0.05, 0) is 37.0 Å². The summed E-state index contributed by atoms with van der Waals surface area (Å²) in [6, 6.07) is 4.94. The van der Waals surface area contributed by atoms with Gasteiger partial charge < -0.3 is 19.1 Å². The zero-order chi connectivity index (χ0) is 16.9. The summed E-state index contributed by atoms with van der Waals surface area (Å²) in [6.07, 6.45) is 2.95. The third-order valence-electron chi connectivity index (χ3n) is 4.32. The van der Waals surface area contributed by atoms with Crippen molar-refractivity contribution in [3.63, 3.8) is 0 Å². The molecule has 1 saturated heterocycles. The number of piperidine rings is 1. The number of fused-ring (bicyclic) bond motifs is 1. The molecule has 6 heteroatoms. The van der Waals surface area contributed by atoms with E-state index in [0.29, 0.717) is 36.2 Å². The summed E-state index contributed by atoms with van der Waals surface area (Å²) < 4.78 is 16.3. The van der Waals surface area contributed by atoms with Crippen LogP contribution < -0.4 is 9.47 Å². The van der Waals surface area contributed by atoms with Crippen molar-refractivity contribution >= 4 is 11.9 Å². The van der Waals surface area contributed by atoms with E-state index in [2.05, 4.69) is 6.92 Å². The molecule has 1 fully saturated rings. The maximum Gasteiger partial charge on any atom is 0.338 e. The van der Waals surface area contributed by atoms with Crippen molar-refractivity contribution in [1.82, 2.24) is 4.90 Å². The van der Waals surface area contributed by atoms with Crippen LogP contribution in [0.3, 0.4) is 0 Å². The zero-order valence-electron chi connectivity index (χ0n) is 14.0. The van der Waals surface area contributed by atoms with Gasteiger partial charge in [0, 0.05) is 19.5 Å². The first-order valence-corrected chi connectivity index (χ1v) is 8.48. The normalized spacial score (nSPS) is 20.2. The molecule has 0 aliphatic carbocycles. The second-order valence-electron chi connectivity index (χ2n) is 6.38. The number of hydrogen-bond acceptors (Lipinski definition) is 5. The molecule has 3 rings (SSSR count). The maximum atomic E-state index is 12.2. The number of carbonyl (C=O) groups excluding carboxylic acids is 2. The highest BCUT2D eigenvalue weighted by atomic mass is 16.5. The highest BCUT2D eigenvalue weighted by Gasteiger charge is 2.22. The van der Waals surface area contributed by atoms with Crippen LogP contribution in [-0.4, -0.2) is 49.7 Å². The van der Waals surface area contributed by atoms with Crippen LogP contribution in [0.5, 0.6) is 11.5 Å². The first kappa shape index (κ1) is 16.6. The molecule has 24 heavy (non-hydrogen) atoms. The Kier molecular flexibility index (Phi) is 5.23. The van der Waals surface area contributed by atoms with Gasteiger partial charge in [-0.3, -0.25) is 4.79 Å². The lowest BCUT2D eigenvalue weighted by Crippen LogP contribution is -2.41. The van der Waals surface area contributed by atoms with Crippen molar-refractivity contribution < 1.29 is 23.8 Å². The van der Waals surface area contributed by atoms with Crippen molar-refractivity contribution in [3.05, 3.63) is 23.8 Å². The van der Waals surface area contributed by atoms with Crippen LogP contribution in [0.25, 0.3) is 0 Å². The van der Waals surface area contributed by atoms with Gasteiger partial charge in [0.1, 0.15) is 0 Å². The number of ether oxygens (including phenoxy) is 3. The topological polar surface area (TPSA) is 65.1 Å². The van der Waals surface area contributed by atoms with Crippen LogP contribution in [0.4, 0.5) is 0 Å². The minimum absolute atomic E-state index is 0.135. The molecule has 0 aromatic heterocycles. The van der Waals surface area contributed by atoms with Crippen LogP contribution in [-0.2, 0) is 9.53 Å². The van der Waals surface area contributed by atoms with Crippen LogP contribution in [0.2, 0.25) is 0 Å². The van der Waals surface area contributed by atoms with E-state index in [4.69, 9.17) is 14.2 Å². The Balaban J connectivity index is 1.57. The standard InChI is InChI=1S/C18H23NO5/c1-13-4-2-7-19(11-13)17(20)12-24-18(21)14-5-6-15-16(10-14)23-9-3-8-22-15/h5-6,10,13H,2-4,7-9,11-12H2,1H3. The lowest BCUT2D eigenvalue weighted by atomic mass is 10.0. The second kappa shape index (κ2) is 7.55. The number of benzene rings is 1. The van der Waals surface area contributed by atoms with Gasteiger partial charge in [-0.1, -0.05) is 6.92 Å². The highest BCUT2D eigenvalue weighted by Crippen LogP contribution is 2.30. The summed E-state index contributed by atoms with van der Waals surface area (Å²) in [4.78, 5) is 26.1. The molecule has 1 aromatic rings. The van der Waals surface area contributed by atoms with E-state index in [-0.39, 0.29) is 12.5 Å². The summed E-state index contributed by atoms with van der Waals surface area (Å²) in [5, 5.41) is 0. The molecular weight excluding hydrogens is 310 g/mol. The minimum atomic E-state index is -0.524. The van der Waals surface area contributed by atoms with E-state index in [9.17, 15) is 9.59 Å². The SMILES string of the molecule is CC1CCCN(C(=O)COC(=O)c2ccc3c(c2)OCCCO3)C1. The predicted octanol–water partition coefficient (Wildman–Crippen LogP) is 2.26. The van der Waals surface area contributed by atoms with Gasteiger partial charge in [0.25, 0.3) is 5.91 Å². The predicted molar refractivity (Wildman–Crippen MR) is 87.3 cm³/mol. The molecule has 130 valence electrons. The molecule has 6 nitrogen and oxygen atoms in total. The number of carbonyl (C=O) groups is 2. The molecule has 2 heterocycles. The molecule has 1 amide bonds. The van der Waals surface area contributed by atoms with Crippen LogP contribution >= 0.6 is 0 Å². The van der Waals surface area contributed by atoms with Crippen LogP contribution in [0, 0.1) is 5.92 Å². The number of likely N-dealkylation sites (tertiary alicyclic amines) is 1. The van der Waals surface area contributed by atoms with Crippen LogP contribution in [0.1, 0.15) is 36.5 Å². The Labute approximate surface area is 141 Å². The lowest BCUT2D eigenvalue weighted by molar-refractivity contribution is -0.136. The maximum absolute atomic E-state index is 12.2. The molecular formula is C18H23NO5. The Morgan fingerprint density at radius 2 is 2.00 bits per heavy atom. The monoisotopic (exact) mass is 333 g/mol. The van der Waals surface area contributed by atoms with E-state index in [1.54, 1.807) is 23.1 Å². The Hall–Kier alpha value is -2.24. The molecule has 0 N–H and O–H groups in total. The van der Waals surface area contributed by atoms with Crippen LogP contribution in [0.15, 0.2) is 18.2 Å². The Bertz CT molecular complexity index is 615. The van der Waals surface area contributed by atoms with Gasteiger partial charge >= 0.3 is 5.97 Å². The molecule has 0 spiro atoms. The van der Waals surface area contributed by atoms with E-state index < -0.39 is 5.97 Å². The van der Waals surface area contributed by atoms with Gasteiger partial charge in [-0.25, -0.2) is 4.79 Å². The second-order valence-corrected chi connectivity index (χ2v) is 6.38. The number of amides is 1. The summed E-state index contributed by atoms with van der Waals surface area (Å²) >= 11 is 0. The number of hydrogen-bond donors (Lipinski definition) is 0. The largest absolute Gasteiger partial charge is 0.490 e. The van der Waals surface area contributed by atoms with Crippen molar-refractivity contribution in [2.75, 3.05) is 32.9 Å². The third-order valence-corrected chi connectivity index (χ3v) is 4.32. The van der Waals surface area contributed by atoms with Crippen molar-refractivity contribution in [3.8, 4) is 11.5 Å². The number of rotatable bonds is 3. The molecule has 1 unspecified atom stereocenters. The average Bonchev–Trinajstić information content (AvgIpc) is 2.84. The smallest absolute Gasteiger partial charge is 0.338 e. The quantitative estimate of drug-likeness (QED) is 0.794. The Morgan fingerprint density at radius 1 is 1.21 bits per heavy atom. The molecule has 1 aromatic carbocycles. The number of esters is 1. The average molecular weight is 333 g/mol. The van der Waals surface area contributed by atoms with Gasteiger partial charge in [0.15, 0.2) is 18.1 Å². The first-order chi connectivity index (χ1) is 11.6. The van der Waals surface area contributed by atoms with Crippen molar-refractivity contribution in [1.29, 1.82) is 0 Å². The molecule has 2 aliphatic heterocycles. The highest BCUT2D eigenvalue weighted by molar-refractivity contribution is 5.92. The summed E-state index contributed by atoms with van der Waals surface area (Å²) in [7, 11) is 0. The van der Waals surface area contributed by atoms with E-state index in [1.165, 1.54) is 0 Å².